The summed E-state index contributed by atoms with van der Waals surface area (Å²) in [5.74, 6) is -0.412. The second-order valence-corrected chi connectivity index (χ2v) is 4.95. The molecule has 8 nitrogen and oxygen atoms in total. The fourth-order valence-electron chi connectivity index (χ4n) is 2.10. The van der Waals surface area contributed by atoms with Crippen LogP contribution in [-0.2, 0) is 14.5 Å². The smallest absolute Gasteiger partial charge is 0.222 e. The van der Waals surface area contributed by atoms with Crippen molar-refractivity contribution in [1.29, 1.82) is 0 Å². The average molecular weight is 338 g/mol. The van der Waals surface area contributed by atoms with Crippen LogP contribution in [-0.4, -0.2) is 89.5 Å². The van der Waals surface area contributed by atoms with E-state index < -0.39 is 0 Å². The number of amides is 2. The highest BCUT2D eigenvalue weighted by molar-refractivity contribution is 5.77. The van der Waals surface area contributed by atoms with Gasteiger partial charge >= 0.3 is 0 Å². The molecule has 0 spiro atoms. The van der Waals surface area contributed by atoms with Crippen molar-refractivity contribution in [3.8, 4) is 0 Å². The van der Waals surface area contributed by atoms with Crippen molar-refractivity contribution in [3.05, 3.63) is 0 Å². The van der Waals surface area contributed by atoms with Gasteiger partial charge in [0.15, 0.2) is 0 Å². The number of hydrogen-bond donors (Lipinski definition) is 3. The van der Waals surface area contributed by atoms with E-state index in [1.807, 2.05) is 0 Å². The van der Waals surface area contributed by atoms with Crippen LogP contribution in [0.15, 0.2) is 0 Å². The molecule has 0 aliphatic carbocycles. The Kier molecular flexibility index (Phi) is 13.5. The van der Waals surface area contributed by atoms with Crippen LogP contribution in [0.3, 0.4) is 0 Å². The van der Waals surface area contributed by atoms with Crippen molar-refractivity contribution in [2.24, 2.45) is 0 Å². The summed E-state index contributed by atoms with van der Waals surface area (Å²) in [6.45, 7) is -0.279. The predicted octanol–water partition coefficient (Wildman–Crippen LogP) is -0.918. The number of rotatable bonds is 14. The summed E-state index contributed by atoms with van der Waals surface area (Å²) in [6.07, 6.45) is 1.39. The largest absolute Gasteiger partial charge is 0.395 e. The summed E-state index contributed by atoms with van der Waals surface area (Å²) >= 11 is 0. The topological polar surface area (TPSA) is 111 Å². The quantitative estimate of drug-likeness (QED) is 0.353. The summed E-state index contributed by atoms with van der Waals surface area (Å²) in [5.41, 5.74) is 0. The molecule has 0 unspecified atom stereocenters. The molecule has 9 heteroatoms. The van der Waals surface area contributed by atoms with Crippen molar-refractivity contribution in [3.63, 3.8) is 0 Å². The number of carbonyl (C=O) groups is 2. The molecule has 136 valence electrons. The third-order valence-electron chi connectivity index (χ3n) is 3.28. The molecule has 0 atom stereocenters. The van der Waals surface area contributed by atoms with Crippen molar-refractivity contribution in [2.45, 2.75) is 25.7 Å². The van der Waals surface area contributed by atoms with Gasteiger partial charge in [0.1, 0.15) is 6.61 Å². The minimum Gasteiger partial charge on any atom is -0.395 e. The Bertz CT molecular complexity index is 326. The molecule has 0 aromatic carbocycles. The zero-order valence-electron chi connectivity index (χ0n) is 13.3. The maximum atomic E-state index is 11.9. The highest BCUT2D eigenvalue weighted by Crippen LogP contribution is 2.06. The molecule has 0 bridgehead atoms. The van der Waals surface area contributed by atoms with E-state index in [9.17, 15) is 14.1 Å². The first-order chi connectivity index (χ1) is 11.1. The van der Waals surface area contributed by atoms with E-state index in [0.29, 0.717) is 12.8 Å². The van der Waals surface area contributed by atoms with Gasteiger partial charge in [-0.3, -0.25) is 9.59 Å². The van der Waals surface area contributed by atoms with E-state index in [1.165, 1.54) is 9.80 Å². The van der Waals surface area contributed by atoms with Gasteiger partial charge in [-0.25, -0.2) is 0 Å². The molecular weight excluding hydrogens is 311 g/mol. The van der Waals surface area contributed by atoms with E-state index >= 15 is 0 Å². The van der Waals surface area contributed by atoms with Gasteiger partial charge in [-0.15, -0.1) is 0 Å². The monoisotopic (exact) mass is 338 g/mol. The van der Waals surface area contributed by atoms with E-state index in [4.69, 9.17) is 15.3 Å². The van der Waals surface area contributed by atoms with Gasteiger partial charge in [-0.1, -0.05) is 0 Å². The fourth-order valence-corrected chi connectivity index (χ4v) is 2.10. The van der Waals surface area contributed by atoms with Crippen molar-refractivity contribution >= 4 is 11.8 Å². The second kappa shape index (κ2) is 14.3. The Hall–Kier alpha value is -1.29. The lowest BCUT2D eigenvalue weighted by atomic mass is 10.1. The molecule has 0 rings (SSSR count). The standard InChI is InChI=1S/C14H27FN2O6/c15-23-12-8-17(7-11-20)14(22)4-2-1-3-13(21)16(5-9-18)6-10-19/h18-20H,1-12H2. The molecule has 0 radical (unpaired) electrons. The van der Waals surface area contributed by atoms with Crippen molar-refractivity contribution in [2.75, 3.05) is 52.6 Å². The van der Waals surface area contributed by atoms with Crippen LogP contribution in [0.1, 0.15) is 25.7 Å². The summed E-state index contributed by atoms with van der Waals surface area (Å²) in [6, 6.07) is 0. The Labute approximate surface area is 135 Å². The zero-order valence-corrected chi connectivity index (χ0v) is 13.3. The van der Waals surface area contributed by atoms with Crippen LogP contribution in [0, 0.1) is 0 Å². The highest BCUT2D eigenvalue weighted by atomic mass is 19.3. The molecule has 0 saturated carbocycles. The second-order valence-electron chi connectivity index (χ2n) is 4.95. The van der Waals surface area contributed by atoms with E-state index in [2.05, 4.69) is 4.94 Å². The lowest BCUT2D eigenvalue weighted by molar-refractivity contribution is -0.147. The van der Waals surface area contributed by atoms with Crippen LogP contribution < -0.4 is 0 Å². The normalized spacial score (nSPS) is 10.6. The van der Waals surface area contributed by atoms with Gasteiger partial charge in [0, 0.05) is 39.0 Å². The lowest BCUT2D eigenvalue weighted by Gasteiger charge is -2.21. The molecule has 2 amide bonds. The minimum atomic E-state index is -0.249. The van der Waals surface area contributed by atoms with Gasteiger partial charge in [0.2, 0.25) is 11.8 Å². The molecular formula is C14H27FN2O6. The Morgan fingerprint density at radius 1 is 0.783 bits per heavy atom. The maximum Gasteiger partial charge on any atom is 0.222 e. The zero-order chi connectivity index (χ0) is 17.5. The number of carbonyl (C=O) groups excluding carboxylic acids is 2. The van der Waals surface area contributed by atoms with Crippen LogP contribution in [0.25, 0.3) is 0 Å². The first-order valence-corrected chi connectivity index (χ1v) is 7.72. The molecule has 0 aliphatic heterocycles. The molecule has 0 heterocycles. The summed E-state index contributed by atoms with van der Waals surface area (Å²) in [5, 5.41) is 26.6. The summed E-state index contributed by atoms with van der Waals surface area (Å²) in [7, 11) is 0. The fraction of sp³-hybridized carbons (Fsp3) is 0.857. The minimum absolute atomic E-state index is 0.0651. The van der Waals surface area contributed by atoms with Crippen LogP contribution >= 0.6 is 0 Å². The van der Waals surface area contributed by atoms with Gasteiger partial charge in [-0.2, -0.15) is 4.94 Å². The molecule has 0 aromatic rings. The average Bonchev–Trinajstić information content (AvgIpc) is 2.54. The molecule has 0 aromatic heterocycles. The van der Waals surface area contributed by atoms with E-state index in [-0.39, 0.29) is 77.3 Å². The molecule has 23 heavy (non-hydrogen) atoms. The first-order valence-electron chi connectivity index (χ1n) is 7.72. The molecule has 0 aliphatic rings. The van der Waals surface area contributed by atoms with E-state index in [1.54, 1.807) is 0 Å². The highest BCUT2D eigenvalue weighted by Gasteiger charge is 2.15. The number of aliphatic hydroxyl groups excluding tert-OH is 3. The van der Waals surface area contributed by atoms with Crippen molar-refractivity contribution in [1.82, 2.24) is 9.80 Å². The summed E-state index contributed by atoms with van der Waals surface area (Å²) in [4.78, 5) is 29.9. The Balaban J connectivity index is 4.06. The number of aliphatic hydroxyl groups is 3. The predicted molar refractivity (Wildman–Crippen MR) is 79.9 cm³/mol. The molecule has 0 saturated heterocycles. The third-order valence-corrected chi connectivity index (χ3v) is 3.28. The van der Waals surface area contributed by atoms with Crippen LogP contribution in [0.5, 0.6) is 0 Å². The maximum absolute atomic E-state index is 11.9. The van der Waals surface area contributed by atoms with Gasteiger partial charge in [0.25, 0.3) is 0 Å². The number of hydrogen-bond acceptors (Lipinski definition) is 6. The number of nitrogens with zero attached hydrogens (tertiary/aromatic N) is 2. The van der Waals surface area contributed by atoms with E-state index in [0.717, 1.165) is 0 Å². The Morgan fingerprint density at radius 2 is 1.17 bits per heavy atom. The molecule has 0 fully saturated rings. The van der Waals surface area contributed by atoms with Crippen LogP contribution in [0.2, 0.25) is 0 Å². The van der Waals surface area contributed by atoms with Gasteiger partial charge in [-0.05, 0) is 17.4 Å². The SMILES string of the molecule is O=C(CCCCC(=O)N(CCO)CCOF)N(CCO)CCO. The Morgan fingerprint density at radius 3 is 1.52 bits per heavy atom. The third kappa shape index (κ3) is 10.2. The number of halogens is 1. The summed E-state index contributed by atoms with van der Waals surface area (Å²) < 4.78 is 11.7. The first kappa shape index (κ1) is 21.7. The van der Waals surface area contributed by atoms with Gasteiger partial charge in [0.05, 0.1) is 19.8 Å². The molecule has 3 N–H and O–H groups in total. The number of unbranched alkanes of at least 4 members (excludes halogenated alkanes) is 1. The van der Waals surface area contributed by atoms with Crippen molar-refractivity contribution < 1.29 is 34.4 Å². The lowest BCUT2D eigenvalue weighted by Crippen LogP contribution is -2.36. The van der Waals surface area contributed by atoms with Crippen LogP contribution in [0.4, 0.5) is 4.53 Å². The van der Waals surface area contributed by atoms with Gasteiger partial charge < -0.3 is 25.1 Å².